The summed E-state index contributed by atoms with van der Waals surface area (Å²) in [5.41, 5.74) is 8.68. The summed E-state index contributed by atoms with van der Waals surface area (Å²) >= 11 is 0. The number of aromatic nitrogens is 2. The van der Waals surface area contributed by atoms with Crippen LogP contribution >= 0.6 is 12.4 Å². The Morgan fingerprint density at radius 1 is 1.15 bits per heavy atom. The Kier molecular flexibility index (Phi) is 4.81. The molecule has 20 heavy (non-hydrogen) atoms. The summed E-state index contributed by atoms with van der Waals surface area (Å²) in [6, 6.07) is 10.5. The van der Waals surface area contributed by atoms with Gasteiger partial charge in [0.05, 0.1) is 17.9 Å². The number of benzene rings is 1. The lowest BCUT2D eigenvalue weighted by atomic mass is 10.2. The van der Waals surface area contributed by atoms with E-state index >= 15 is 0 Å². The van der Waals surface area contributed by atoms with Crippen LogP contribution in [0.5, 0.6) is 0 Å². The summed E-state index contributed by atoms with van der Waals surface area (Å²) in [6.45, 7) is 4.75. The van der Waals surface area contributed by atoms with Gasteiger partial charge in [-0.15, -0.1) is 12.4 Å². The third kappa shape index (κ3) is 3.40. The van der Waals surface area contributed by atoms with Crippen LogP contribution in [0.2, 0.25) is 0 Å². The van der Waals surface area contributed by atoms with E-state index in [2.05, 4.69) is 39.4 Å². The molecule has 108 valence electrons. The molecular weight excluding hydrogens is 278 g/mol. The molecule has 0 spiro atoms. The Morgan fingerprint density at radius 2 is 1.85 bits per heavy atom. The summed E-state index contributed by atoms with van der Waals surface area (Å²) in [6.07, 6.45) is 1.59. The Labute approximate surface area is 124 Å². The lowest BCUT2D eigenvalue weighted by molar-refractivity contribution is -0.759. The topological polar surface area (TPSA) is 60.2 Å². The van der Waals surface area contributed by atoms with Crippen LogP contribution in [-0.2, 0) is 6.54 Å². The molecule has 2 heterocycles. The first-order chi connectivity index (χ1) is 9.31. The van der Waals surface area contributed by atoms with Gasteiger partial charge in [0.1, 0.15) is 5.88 Å². The summed E-state index contributed by atoms with van der Waals surface area (Å²) in [4.78, 5) is 4.05. The zero-order valence-electron chi connectivity index (χ0n) is 11.1. The predicted molar refractivity (Wildman–Crippen MR) is 77.6 cm³/mol. The SMILES string of the molecule is Cl.[NH-]c1c[n+](N2CCN(Cc3ccccc3)CC2)no1. The van der Waals surface area contributed by atoms with Crippen molar-refractivity contribution in [3.63, 3.8) is 0 Å². The quantitative estimate of drug-likeness (QED) is 0.806. The molecule has 0 atom stereocenters. The second-order valence-electron chi connectivity index (χ2n) is 4.70. The highest BCUT2D eigenvalue weighted by Crippen LogP contribution is 2.07. The fourth-order valence-corrected chi connectivity index (χ4v) is 2.31. The molecule has 1 aromatic heterocycles. The van der Waals surface area contributed by atoms with Crippen molar-refractivity contribution in [3.05, 3.63) is 47.8 Å². The molecule has 0 bridgehead atoms. The van der Waals surface area contributed by atoms with Crippen LogP contribution in [0.25, 0.3) is 5.73 Å². The van der Waals surface area contributed by atoms with Crippen LogP contribution in [0.15, 0.2) is 41.1 Å². The monoisotopic (exact) mass is 295 g/mol. The van der Waals surface area contributed by atoms with E-state index in [0.29, 0.717) is 0 Å². The zero-order valence-corrected chi connectivity index (χ0v) is 11.9. The molecule has 0 radical (unpaired) electrons. The number of halogens is 1. The maximum atomic E-state index is 7.34. The second kappa shape index (κ2) is 6.58. The van der Waals surface area contributed by atoms with Crippen molar-refractivity contribution in [1.82, 2.24) is 10.2 Å². The molecule has 1 aliphatic rings. The van der Waals surface area contributed by atoms with E-state index in [1.165, 1.54) is 5.56 Å². The maximum absolute atomic E-state index is 7.34. The standard InChI is InChI=1S/C13H17N5O.ClH/c14-13-11-18(15-19-13)17-8-6-16(7-9-17)10-12-4-2-1-3-5-12;/h1-5,11,14H,6-10H2;1H. The van der Waals surface area contributed by atoms with Crippen molar-refractivity contribution in [2.24, 2.45) is 0 Å². The van der Waals surface area contributed by atoms with Gasteiger partial charge in [-0.05, 0) is 5.56 Å². The number of hydrogen-bond donors (Lipinski definition) is 0. The highest BCUT2D eigenvalue weighted by molar-refractivity contribution is 5.85. The minimum atomic E-state index is 0. The van der Waals surface area contributed by atoms with Gasteiger partial charge in [0, 0.05) is 19.6 Å². The number of rotatable bonds is 3. The number of hydrogen-bond acceptors (Lipinski definition) is 4. The van der Waals surface area contributed by atoms with Crippen molar-refractivity contribution in [2.45, 2.75) is 6.54 Å². The first kappa shape index (κ1) is 14.6. The molecule has 3 rings (SSSR count). The second-order valence-corrected chi connectivity index (χ2v) is 4.70. The molecule has 0 aliphatic carbocycles. The zero-order chi connectivity index (χ0) is 13.1. The molecular formula is C13H18ClN5O. The fraction of sp³-hybridized carbons (Fsp3) is 0.385. The van der Waals surface area contributed by atoms with Crippen molar-refractivity contribution in [2.75, 3.05) is 31.2 Å². The van der Waals surface area contributed by atoms with Gasteiger partial charge in [0.15, 0.2) is 0 Å². The molecule has 1 saturated heterocycles. The Hall–Kier alpha value is -1.79. The highest BCUT2D eigenvalue weighted by Gasteiger charge is 2.24. The largest absolute Gasteiger partial charge is 0.660 e. The van der Waals surface area contributed by atoms with Crippen LogP contribution in [0, 0.1) is 0 Å². The van der Waals surface area contributed by atoms with Gasteiger partial charge >= 0.3 is 0 Å². The molecule has 1 aliphatic heterocycles. The first-order valence-electron chi connectivity index (χ1n) is 6.43. The Balaban J connectivity index is 0.00000147. The van der Waals surface area contributed by atoms with E-state index in [-0.39, 0.29) is 18.3 Å². The number of nitrogens with one attached hydrogen (secondary N) is 1. The van der Waals surface area contributed by atoms with Gasteiger partial charge in [0.2, 0.25) is 5.27 Å². The van der Waals surface area contributed by atoms with E-state index in [0.717, 1.165) is 32.7 Å². The van der Waals surface area contributed by atoms with E-state index in [4.69, 9.17) is 10.3 Å². The van der Waals surface area contributed by atoms with E-state index in [9.17, 15) is 0 Å². The Bertz CT molecular complexity index is 525. The van der Waals surface area contributed by atoms with Crippen LogP contribution in [-0.4, -0.2) is 36.4 Å². The number of nitrogens with zero attached hydrogens (tertiary/aromatic N) is 4. The molecule has 2 aromatic rings. The smallest absolute Gasteiger partial charge is 0.256 e. The third-order valence-electron chi connectivity index (χ3n) is 3.34. The summed E-state index contributed by atoms with van der Waals surface area (Å²) < 4.78 is 4.76. The molecule has 1 fully saturated rings. The molecule has 7 heteroatoms. The van der Waals surface area contributed by atoms with Crippen LogP contribution in [0.1, 0.15) is 5.56 Å². The predicted octanol–water partition coefficient (Wildman–Crippen LogP) is 1.52. The number of piperazine rings is 1. The minimum Gasteiger partial charge on any atom is -0.660 e. The van der Waals surface area contributed by atoms with Gasteiger partial charge < -0.3 is 10.3 Å². The fourth-order valence-electron chi connectivity index (χ4n) is 2.31. The van der Waals surface area contributed by atoms with Gasteiger partial charge in [-0.3, -0.25) is 4.90 Å². The summed E-state index contributed by atoms with van der Waals surface area (Å²) in [5, 5.41) is 5.90. The van der Waals surface area contributed by atoms with Gasteiger partial charge in [-0.2, -0.15) is 5.01 Å². The van der Waals surface area contributed by atoms with Crippen LogP contribution in [0.4, 0.5) is 5.88 Å². The van der Waals surface area contributed by atoms with Crippen LogP contribution < -0.4 is 9.80 Å². The summed E-state index contributed by atoms with van der Waals surface area (Å²) in [7, 11) is 0. The van der Waals surface area contributed by atoms with Crippen molar-refractivity contribution < 1.29 is 9.31 Å². The van der Waals surface area contributed by atoms with Crippen LogP contribution in [0.3, 0.4) is 0 Å². The normalized spacial score (nSPS) is 15.9. The molecule has 1 N–H and O–H groups in total. The lowest BCUT2D eigenvalue weighted by Gasteiger charge is -2.30. The summed E-state index contributed by atoms with van der Waals surface area (Å²) in [5.74, 6) is 0.0896. The lowest BCUT2D eigenvalue weighted by Crippen LogP contribution is -2.65. The maximum Gasteiger partial charge on any atom is 0.256 e. The molecule has 0 saturated carbocycles. The molecule has 6 nitrogen and oxygen atoms in total. The third-order valence-corrected chi connectivity index (χ3v) is 3.34. The minimum absolute atomic E-state index is 0. The molecule has 1 aromatic carbocycles. The van der Waals surface area contributed by atoms with Gasteiger partial charge in [0.25, 0.3) is 6.20 Å². The average molecular weight is 296 g/mol. The molecule has 0 amide bonds. The van der Waals surface area contributed by atoms with Crippen molar-refractivity contribution >= 4 is 18.3 Å². The Morgan fingerprint density at radius 3 is 2.45 bits per heavy atom. The van der Waals surface area contributed by atoms with E-state index in [1.807, 2.05) is 6.07 Å². The highest BCUT2D eigenvalue weighted by atomic mass is 35.5. The van der Waals surface area contributed by atoms with Crippen molar-refractivity contribution in [3.8, 4) is 0 Å². The van der Waals surface area contributed by atoms with E-state index < -0.39 is 0 Å². The van der Waals surface area contributed by atoms with Gasteiger partial charge in [-0.1, -0.05) is 30.3 Å². The van der Waals surface area contributed by atoms with Crippen molar-refractivity contribution in [1.29, 1.82) is 0 Å². The first-order valence-corrected chi connectivity index (χ1v) is 6.43. The van der Waals surface area contributed by atoms with E-state index in [1.54, 1.807) is 11.0 Å². The van der Waals surface area contributed by atoms with Gasteiger partial charge in [-0.25, -0.2) is 0 Å². The molecule has 0 unspecified atom stereocenters. The average Bonchev–Trinajstić information content (AvgIpc) is 2.87.